The highest BCUT2D eigenvalue weighted by molar-refractivity contribution is 5.88. The lowest BCUT2D eigenvalue weighted by atomic mass is 10.0. The molecule has 1 saturated heterocycles. The average Bonchev–Trinajstić information content (AvgIpc) is 3.27. The Bertz CT molecular complexity index is 1070. The zero-order chi connectivity index (χ0) is 20.7. The normalized spacial score (nSPS) is 17.4. The van der Waals surface area contributed by atoms with Crippen molar-refractivity contribution < 1.29 is 9.53 Å². The SMILES string of the molecule is Cc1cc(-c2cc(O[C@H](C)[C@H]3CNC(=O)C3)c3c(c2)ncn3C)ccc1N(C)C. The van der Waals surface area contributed by atoms with Crippen LogP contribution in [0, 0.1) is 12.8 Å². The van der Waals surface area contributed by atoms with Crippen LogP contribution in [0.15, 0.2) is 36.7 Å². The molecule has 1 amide bonds. The van der Waals surface area contributed by atoms with Crippen LogP contribution in [0.25, 0.3) is 22.2 Å². The molecule has 1 aliphatic rings. The van der Waals surface area contributed by atoms with E-state index < -0.39 is 0 Å². The number of hydrogen-bond acceptors (Lipinski definition) is 4. The van der Waals surface area contributed by atoms with Crippen LogP contribution >= 0.6 is 0 Å². The van der Waals surface area contributed by atoms with Crippen LogP contribution in [0.4, 0.5) is 5.69 Å². The van der Waals surface area contributed by atoms with Gasteiger partial charge in [-0.15, -0.1) is 0 Å². The van der Waals surface area contributed by atoms with Gasteiger partial charge in [0, 0.05) is 45.7 Å². The van der Waals surface area contributed by atoms with E-state index in [1.54, 1.807) is 0 Å². The van der Waals surface area contributed by atoms with Gasteiger partial charge in [0.2, 0.25) is 5.91 Å². The maximum atomic E-state index is 11.6. The molecule has 2 heterocycles. The number of imidazole rings is 1. The quantitative estimate of drug-likeness (QED) is 0.722. The number of fused-ring (bicyclic) bond motifs is 1. The number of amides is 1. The fraction of sp³-hybridized carbons (Fsp3) is 0.391. The molecule has 0 bridgehead atoms. The van der Waals surface area contributed by atoms with E-state index in [1.807, 2.05) is 24.9 Å². The molecule has 1 N–H and O–H groups in total. The second-order valence-electron chi connectivity index (χ2n) is 8.18. The zero-order valence-corrected chi connectivity index (χ0v) is 17.7. The second-order valence-corrected chi connectivity index (χ2v) is 8.18. The minimum Gasteiger partial charge on any atom is -0.488 e. The third kappa shape index (κ3) is 3.67. The van der Waals surface area contributed by atoms with E-state index in [0.717, 1.165) is 27.9 Å². The van der Waals surface area contributed by atoms with E-state index >= 15 is 0 Å². The standard InChI is InChI=1S/C23H28N4O2/c1-14-8-16(6-7-20(14)26(3)4)17-9-19-23(27(5)13-25-19)21(10-17)29-15(2)18-11-22(28)24-12-18/h6-10,13,15,18H,11-12H2,1-5H3,(H,24,28)/t15-,18-/m1/s1. The van der Waals surface area contributed by atoms with Crippen molar-refractivity contribution in [3.05, 3.63) is 42.2 Å². The molecule has 1 fully saturated rings. The van der Waals surface area contributed by atoms with Gasteiger partial charge in [0.15, 0.2) is 0 Å². The summed E-state index contributed by atoms with van der Waals surface area (Å²) in [5, 5.41) is 2.90. The molecule has 0 aliphatic carbocycles. The van der Waals surface area contributed by atoms with Gasteiger partial charge in [-0.1, -0.05) is 6.07 Å². The molecule has 0 spiro atoms. The maximum Gasteiger partial charge on any atom is 0.220 e. The van der Waals surface area contributed by atoms with Crippen molar-refractivity contribution in [1.82, 2.24) is 14.9 Å². The minimum atomic E-state index is -0.0693. The number of nitrogens with one attached hydrogen (secondary N) is 1. The third-order valence-electron chi connectivity index (χ3n) is 5.78. The molecule has 6 nitrogen and oxygen atoms in total. The molecule has 2 atom stereocenters. The van der Waals surface area contributed by atoms with Crippen LogP contribution in [0.3, 0.4) is 0 Å². The first-order chi connectivity index (χ1) is 13.8. The summed E-state index contributed by atoms with van der Waals surface area (Å²) in [6.45, 7) is 4.83. The second kappa shape index (κ2) is 7.43. The van der Waals surface area contributed by atoms with E-state index in [4.69, 9.17) is 4.74 Å². The van der Waals surface area contributed by atoms with Gasteiger partial charge in [-0.2, -0.15) is 0 Å². The van der Waals surface area contributed by atoms with Crippen molar-refractivity contribution in [2.24, 2.45) is 13.0 Å². The molecular formula is C23H28N4O2. The first-order valence-electron chi connectivity index (χ1n) is 10.00. The van der Waals surface area contributed by atoms with Crippen LogP contribution < -0.4 is 15.0 Å². The topological polar surface area (TPSA) is 59.4 Å². The fourth-order valence-electron chi connectivity index (χ4n) is 4.10. The summed E-state index contributed by atoms with van der Waals surface area (Å²) in [4.78, 5) is 18.3. The first kappa shape index (κ1) is 19.3. The zero-order valence-electron chi connectivity index (χ0n) is 17.7. The number of anilines is 1. The van der Waals surface area contributed by atoms with Gasteiger partial charge in [-0.25, -0.2) is 4.98 Å². The van der Waals surface area contributed by atoms with Gasteiger partial charge in [0.25, 0.3) is 0 Å². The average molecular weight is 393 g/mol. The Morgan fingerprint density at radius 2 is 2.03 bits per heavy atom. The van der Waals surface area contributed by atoms with Gasteiger partial charge in [0.1, 0.15) is 17.4 Å². The smallest absolute Gasteiger partial charge is 0.220 e. The fourth-order valence-corrected chi connectivity index (χ4v) is 4.10. The summed E-state index contributed by atoms with van der Waals surface area (Å²) in [6, 6.07) is 10.7. The Hall–Kier alpha value is -3.02. The number of benzene rings is 2. The monoisotopic (exact) mass is 392 g/mol. The van der Waals surface area contributed by atoms with Crippen LogP contribution in [0.5, 0.6) is 5.75 Å². The number of hydrogen-bond donors (Lipinski definition) is 1. The van der Waals surface area contributed by atoms with Gasteiger partial charge < -0.3 is 19.5 Å². The number of ether oxygens (including phenoxy) is 1. The Balaban J connectivity index is 1.73. The maximum absolute atomic E-state index is 11.6. The molecule has 0 unspecified atom stereocenters. The Kier molecular flexibility index (Phi) is 4.94. The highest BCUT2D eigenvalue weighted by Crippen LogP contribution is 2.35. The Labute approximate surface area is 171 Å². The lowest BCUT2D eigenvalue weighted by molar-refractivity contribution is -0.119. The molecule has 3 aromatic rings. The molecule has 0 saturated carbocycles. The lowest BCUT2D eigenvalue weighted by Crippen LogP contribution is -2.25. The summed E-state index contributed by atoms with van der Waals surface area (Å²) in [5.41, 5.74) is 6.51. The van der Waals surface area contributed by atoms with Crippen LogP contribution in [-0.2, 0) is 11.8 Å². The van der Waals surface area contributed by atoms with Crippen molar-refractivity contribution in [2.75, 3.05) is 25.5 Å². The summed E-state index contributed by atoms with van der Waals surface area (Å²) < 4.78 is 8.38. The third-order valence-corrected chi connectivity index (χ3v) is 5.78. The number of carbonyl (C=O) groups is 1. The first-order valence-corrected chi connectivity index (χ1v) is 10.00. The van der Waals surface area contributed by atoms with Gasteiger partial charge in [-0.3, -0.25) is 4.79 Å². The van der Waals surface area contributed by atoms with E-state index in [1.165, 1.54) is 11.3 Å². The number of rotatable bonds is 5. The van der Waals surface area contributed by atoms with E-state index in [0.29, 0.717) is 13.0 Å². The summed E-state index contributed by atoms with van der Waals surface area (Å²) in [7, 11) is 6.08. The molecule has 1 aromatic heterocycles. The van der Waals surface area contributed by atoms with Gasteiger partial charge in [0.05, 0.1) is 11.8 Å². The number of nitrogens with zero attached hydrogens (tertiary/aromatic N) is 3. The molecule has 0 radical (unpaired) electrons. The van der Waals surface area contributed by atoms with Crippen LogP contribution in [0.1, 0.15) is 18.9 Å². The van der Waals surface area contributed by atoms with Crippen molar-refractivity contribution in [1.29, 1.82) is 0 Å². The highest BCUT2D eigenvalue weighted by Gasteiger charge is 2.28. The van der Waals surface area contributed by atoms with Crippen molar-refractivity contribution in [3.8, 4) is 16.9 Å². The van der Waals surface area contributed by atoms with Crippen LogP contribution in [-0.4, -0.2) is 42.2 Å². The van der Waals surface area contributed by atoms with E-state index in [2.05, 4.69) is 66.6 Å². The van der Waals surface area contributed by atoms with Gasteiger partial charge >= 0.3 is 0 Å². The lowest BCUT2D eigenvalue weighted by Gasteiger charge is -2.21. The largest absolute Gasteiger partial charge is 0.488 e. The molecule has 6 heteroatoms. The van der Waals surface area contributed by atoms with Crippen molar-refractivity contribution in [2.45, 2.75) is 26.4 Å². The molecule has 29 heavy (non-hydrogen) atoms. The van der Waals surface area contributed by atoms with Gasteiger partial charge in [-0.05, 0) is 54.8 Å². The predicted octanol–water partition coefficient (Wildman–Crippen LogP) is 3.52. The molecule has 1 aliphatic heterocycles. The number of carbonyl (C=O) groups excluding carboxylic acids is 1. The Morgan fingerprint density at radius 1 is 1.24 bits per heavy atom. The highest BCUT2D eigenvalue weighted by atomic mass is 16.5. The summed E-state index contributed by atoms with van der Waals surface area (Å²) in [6.07, 6.45) is 2.26. The van der Waals surface area contributed by atoms with Crippen LogP contribution in [0.2, 0.25) is 0 Å². The number of aryl methyl sites for hydroxylation is 2. The van der Waals surface area contributed by atoms with Crippen molar-refractivity contribution >= 4 is 22.6 Å². The molecular weight excluding hydrogens is 364 g/mol. The molecule has 2 aromatic carbocycles. The van der Waals surface area contributed by atoms with Crippen molar-refractivity contribution in [3.63, 3.8) is 0 Å². The summed E-state index contributed by atoms with van der Waals surface area (Å²) in [5.74, 6) is 1.08. The summed E-state index contributed by atoms with van der Waals surface area (Å²) >= 11 is 0. The van der Waals surface area contributed by atoms with E-state index in [-0.39, 0.29) is 17.9 Å². The predicted molar refractivity (Wildman–Crippen MR) is 116 cm³/mol. The molecule has 152 valence electrons. The number of aromatic nitrogens is 2. The minimum absolute atomic E-state index is 0.0693. The molecule has 4 rings (SSSR count). The Morgan fingerprint density at radius 3 is 2.69 bits per heavy atom. The van der Waals surface area contributed by atoms with E-state index in [9.17, 15) is 4.79 Å².